The van der Waals surface area contributed by atoms with Gasteiger partial charge in [0.1, 0.15) is 5.78 Å². The molecular formula is C24H40AcO5. The van der Waals surface area contributed by atoms with Crippen LogP contribution in [-0.4, -0.2) is 35.4 Å². The topological polar surface area (TPSA) is 72.8 Å². The largest absolute Gasteiger partial charge is 0.433 e. The van der Waals surface area contributed by atoms with Gasteiger partial charge in [0.15, 0.2) is 5.60 Å². The van der Waals surface area contributed by atoms with Gasteiger partial charge in [0.05, 0.1) is 0 Å². The third-order valence-electron chi connectivity index (χ3n) is 7.99. The van der Waals surface area contributed by atoms with Gasteiger partial charge in [-0.3, -0.25) is 4.79 Å². The molecule has 1 saturated heterocycles. The van der Waals surface area contributed by atoms with Crippen molar-refractivity contribution in [3.05, 3.63) is 0 Å². The maximum Gasteiger partial charge on any atom is 0.340 e. The molecule has 1 heterocycles. The number of hydrogen-bond acceptors (Lipinski definition) is 5. The number of hydrogen-bond donors (Lipinski definition) is 1. The van der Waals surface area contributed by atoms with Crippen molar-refractivity contribution in [2.75, 3.05) is 6.61 Å². The molecule has 3 rings (SSSR count). The standard InChI is InChI=1S/C24H40O5.Ac/c1-15(17-9-10-18-19(26)8-7-11-23(17,18)5)12-16(14-25)13-24(6)20(27)28-21(29-24)22(2,3)4;/h15-18,21,25H,7-14H2,1-6H3;/t15-,16-,17-,18?,21-,23-,24-;/m1./s1. The minimum atomic E-state index is -1.01. The number of esters is 1. The first-order valence-electron chi connectivity index (χ1n) is 11.4. The van der Waals surface area contributed by atoms with Crippen LogP contribution in [0.3, 0.4) is 0 Å². The zero-order valence-electron chi connectivity index (χ0n) is 19.7. The fraction of sp³-hybridized carbons (Fsp3) is 0.917. The van der Waals surface area contributed by atoms with Crippen molar-refractivity contribution in [2.24, 2.45) is 34.5 Å². The molecule has 7 atom stereocenters. The van der Waals surface area contributed by atoms with Crippen molar-refractivity contribution >= 4 is 11.8 Å². The molecule has 1 unspecified atom stereocenters. The van der Waals surface area contributed by atoms with E-state index in [1.54, 1.807) is 6.92 Å². The van der Waals surface area contributed by atoms with Crippen LogP contribution in [0.4, 0.5) is 0 Å². The Morgan fingerprint density at radius 1 is 1.20 bits per heavy atom. The van der Waals surface area contributed by atoms with E-state index in [1.807, 2.05) is 20.8 Å². The van der Waals surface area contributed by atoms with Crippen LogP contribution >= 0.6 is 0 Å². The molecule has 3 fully saturated rings. The molecule has 2 aliphatic carbocycles. The predicted octanol–water partition coefficient (Wildman–Crippen LogP) is 4.50. The van der Waals surface area contributed by atoms with Gasteiger partial charge >= 0.3 is 5.97 Å². The van der Waals surface area contributed by atoms with Crippen molar-refractivity contribution in [1.82, 2.24) is 0 Å². The molecule has 3 aliphatic rings. The summed E-state index contributed by atoms with van der Waals surface area (Å²) < 4.78 is 11.6. The van der Waals surface area contributed by atoms with Gasteiger partial charge in [0, 0.05) is 68.4 Å². The van der Waals surface area contributed by atoms with Gasteiger partial charge in [-0.15, -0.1) is 0 Å². The van der Waals surface area contributed by atoms with Gasteiger partial charge in [-0.05, 0) is 68.6 Å². The Morgan fingerprint density at radius 3 is 2.43 bits per heavy atom. The van der Waals surface area contributed by atoms with E-state index in [0.29, 0.717) is 24.0 Å². The fourth-order valence-electron chi connectivity index (χ4n) is 6.38. The number of Topliss-reactive ketones (excluding diaryl/α,β-unsaturated/α-hetero) is 1. The fourth-order valence-corrected chi connectivity index (χ4v) is 6.38. The van der Waals surface area contributed by atoms with E-state index in [1.165, 1.54) is 0 Å². The van der Waals surface area contributed by atoms with Crippen LogP contribution in [0.2, 0.25) is 0 Å². The van der Waals surface area contributed by atoms with Crippen LogP contribution in [0.1, 0.15) is 86.5 Å². The molecule has 1 aliphatic heterocycles. The molecule has 30 heavy (non-hydrogen) atoms. The van der Waals surface area contributed by atoms with Crippen molar-refractivity contribution in [2.45, 2.75) is 98.4 Å². The first-order chi connectivity index (χ1) is 13.4. The second kappa shape index (κ2) is 9.78. The summed E-state index contributed by atoms with van der Waals surface area (Å²) in [7, 11) is 0. The van der Waals surface area contributed by atoms with Crippen LogP contribution < -0.4 is 0 Å². The smallest absolute Gasteiger partial charge is 0.340 e. The third kappa shape index (κ3) is 5.18. The monoisotopic (exact) mass is 635 g/mol. The van der Waals surface area contributed by atoms with E-state index >= 15 is 0 Å². The molecule has 1 N–H and O–H groups in total. The number of rotatable bonds is 6. The van der Waals surface area contributed by atoms with E-state index in [0.717, 1.165) is 38.5 Å². The summed E-state index contributed by atoms with van der Waals surface area (Å²) >= 11 is 0. The van der Waals surface area contributed by atoms with Crippen LogP contribution in [0.25, 0.3) is 0 Å². The number of ether oxygens (including phenoxy) is 2. The molecule has 0 spiro atoms. The Balaban J connectivity index is 0.00000320. The summed E-state index contributed by atoms with van der Waals surface area (Å²) in [6.45, 7) is 12.4. The summed E-state index contributed by atoms with van der Waals surface area (Å²) in [5.74, 6) is 1.21. The second-order valence-corrected chi connectivity index (χ2v) is 11.5. The Labute approximate surface area is 218 Å². The number of aliphatic hydroxyl groups excluding tert-OH is 1. The van der Waals surface area contributed by atoms with Gasteiger partial charge in [-0.2, -0.15) is 0 Å². The Kier molecular flexibility index (Phi) is 8.72. The van der Waals surface area contributed by atoms with Gasteiger partial charge in [-0.25, -0.2) is 4.79 Å². The molecule has 0 aromatic heterocycles. The van der Waals surface area contributed by atoms with E-state index < -0.39 is 11.9 Å². The second-order valence-electron chi connectivity index (χ2n) is 11.5. The van der Waals surface area contributed by atoms with Crippen LogP contribution in [0, 0.1) is 78.6 Å². The van der Waals surface area contributed by atoms with Crippen molar-refractivity contribution in [3.8, 4) is 0 Å². The third-order valence-corrected chi connectivity index (χ3v) is 7.99. The summed E-state index contributed by atoms with van der Waals surface area (Å²) in [6.07, 6.45) is 5.72. The molecule has 1 radical (unpaired) electrons. The normalized spacial score (nSPS) is 38.6. The Hall–Kier alpha value is 0.502. The molecule has 0 aromatic carbocycles. The number of fused-ring (bicyclic) bond motifs is 1. The van der Waals surface area contributed by atoms with Crippen LogP contribution in [-0.2, 0) is 19.1 Å². The Morgan fingerprint density at radius 2 is 1.87 bits per heavy atom. The zero-order chi connectivity index (χ0) is 21.6. The minimum Gasteiger partial charge on any atom is -0.433 e. The maximum absolute atomic E-state index is 12.6. The van der Waals surface area contributed by atoms with E-state index in [9.17, 15) is 14.7 Å². The first-order valence-corrected chi connectivity index (χ1v) is 11.4. The average molecular weight is 636 g/mol. The van der Waals surface area contributed by atoms with Gasteiger partial charge in [0.2, 0.25) is 6.29 Å². The van der Waals surface area contributed by atoms with E-state index in [-0.39, 0.29) is 79.3 Å². The minimum absolute atomic E-state index is 0. The molecular weight excluding hydrogens is 595 g/mol. The summed E-state index contributed by atoms with van der Waals surface area (Å²) in [6, 6.07) is 0. The Bertz CT molecular complexity index is 644. The number of carbonyl (C=O) groups is 2. The summed E-state index contributed by atoms with van der Waals surface area (Å²) in [5, 5.41) is 10.1. The molecule has 0 aromatic rings. The average Bonchev–Trinajstić information content (AvgIpc) is 3.12. The van der Waals surface area contributed by atoms with Gasteiger partial charge in [0.25, 0.3) is 0 Å². The number of cyclic esters (lactones) is 1. The number of ketones is 1. The molecule has 6 heteroatoms. The summed E-state index contributed by atoms with van der Waals surface area (Å²) in [4.78, 5) is 25.0. The first kappa shape index (κ1) is 26.8. The van der Waals surface area contributed by atoms with E-state index in [2.05, 4.69) is 13.8 Å². The SMILES string of the molecule is C[C@H](C[C@@H](CO)C[C@@]1(C)O[C@H](C(C)(C)C)OC1=O)[C@H]1CCC2C(=O)CCC[C@@]21C.[Ac]. The van der Waals surface area contributed by atoms with Crippen molar-refractivity contribution < 1.29 is 68.2 Å². The van der Waals surface area contributed by atoms with Crippen molar-refractivity contribution in [1.29, 1.82) is 0 Å². The summed E-state index contributed by atoms with van der Waals surface area (Å²) in [5.41, 5.74) is -1.19. The zero-order valence-corrected chi connectivity index (χ0v) is 24.4. The van der Waals surface area contributed by atoms with Crippen molar-refractivity contribution in [3.63, 3.8) is 0 Å². The maximum atomic E-state index is 12.6. The quantitative estimate of drug-likeness (QED) is 0.436. The van der Waals surface area contributed by atoms with Gasteiger partial charge < -0.3 is 14.6 Å². The van der Waals surface area contributed by atoms with Gasteiger partial charge in [-0.1, -0.05) is 34.6 Å². The number of aliphatic hydroxyl groups is 1. The molecule has 2 saturated carbocycles. The van der Waals surface area contributed by atoms with E-state index in [4.69, 9.17) is 9.47 Å². The predicted molar refractivity (Wildman–Crippen MR) is 111 cm³/mol. The molecule has 169 valence electrons. The van der Waals surface area contributed by atoms with Crippen LogP contribution in [0.15, 0.2) is 0 Å². The number of carbonyl (C=O) groups excluding carboxylic acids is 2. The van der Waals surface area contributed by atoms with Crippen LogP contribution in [0.5, 0.6) is 0 Å². The molecule has 0 amide bonds. The molecule has 5 nitrogen and oxygen atoms in total. The molecule has 0 bridgehead atoms.